The molecular formula is C16H29N7O6. The number of nitrogens with two attached hydrogens (primary N) is 3. The van der Waals surface area contributed by atoms with E-state index in [0.29, 0.717) is 13.0 Å². The number of hydrogen-bond acceptors (Lipinski definition) is 9. The van der Waals surface area contributed by atoms with E-state index in [1.807, 2.05) is 0 Å². The van der Waals surface area contributed by atoms with E-state index in [-0.39, 0.29) is 24.6 Å². The van der Waals surface area contributed by atoms with Gasteiger partial charge in [0.15, 0.2) is 11.9 Å². The van der Waals surface area contributed by atoms with Crippen molar-refractivity contribution in [3.63, 3.8) is 0 Å². The molecule has 1 rings (SSSR count). The highest BCUT2D eigenvalue weighted by Crippen LogP contribution is 2.20. The average molecular weight is 415 g/mol. The van der Waals surface area contributed by atoms with Crippen LogP contribution in [0.15, 0.2) is 4.52 Å². The van der Waals surface area contributed by atoms with Gasteiger partial charge in [0.2, 0.25) is 11.8 Å². The van der Waals surface area contributed by atoms with E-state index < -0.39 is 42.1 Å². The fourth-order valence-electron chi connectivity index (χ4n) is 2.45. The number of amides is 3. The molecule has 0 aromatic carbocycles. The van der Waals surface area contributed by atoms with Gasteiger partial charge in [-0.15, -0.1) is 0 Å². The minimum Gasteiger partial charge on any atom is -0.480 e. The zero-order valence-corrected chi connectivity index (χ0v) is 16.2. The highest BCUT2D eigenvalue weighted by Gasteiger charge is 2.28. The average Bonchev–Trinajstić information content (AvgIpc) is 3.12. The number of aliphatic hydroxyl groups excluding tert-OH is 1. The van der Waals surface area contributed by atoms with Gasteiger partial charge in [0.05, 0.1) is 12.1 Å². The number of nitrogens with one attached hydrogen (secondary N) is 2. The number of urea groups is 1. The molecule has 3 amide bonds. The van der Waals surface area contributed by atoms with Crippen molar-refractivity contribution in [3.8, 4) is 0 Å². The third kappa shape index (κ3) is 8.41. The molecule has 1 aromatic rings. The summed E-state index contributed by atoms with van der Waals surface area (Å²) in [6.45, 7) is 1.77. The third-order valence-electron chi connectivity index (χ3n) is 4.08. The summed E-state index contributed by atoms with van der Waals surface area (Å²) in [7, 11) is 0. The van der Waals surface area contributed by atoms with Gasteiger partial charge in [-0.2, -0.15) is 4.98 Å². The molecule has 29 heavy (non-hydrogen) atoms. The molecule has 0 aliphatic carbocycles. The van der Waals surface area contributed by atoms with E-state index in [4.69, 9.17) is 26.8 Å². The molecule has 13 heteroatoms. The number of primary amides is 1. The summed E-state index contributed by atoms with van der Waals surface area (Å²) < 4.78 is 5.16. The van der Waals surface area contributed by atoms with E-state index in [2.05, 4.69) is 20.8 Å². The van der Waals surface area contributed by atoms with Crippen LogP contribution in [0.25, 0.3) is 0 Å². The lowest BCUT2D eigenvalue weighted by atomic mass is 10.1. The maximum Gasteiger partial charge on any atom is 0.328 e. The van der Waals surface area contributed by atoms with E-state index >= 15 is 0 Å². The number of carbonyl (C=O) groups is 3. The molecule has 0 radical (unpaired) electrons. The molecule has 164 valence electrons. The SMILES string of the molecule is CC(O)[C@H](NC(=O)N[C@@H](CCC(N)=O)c1nc([C@@H](N)CCCCN)no1)C(=O)O. The highest BCUT2D eigenvalue weighted by molar-refractivity contribution is 5.83. The summed E-state index contributed by atoms with van der Waals surface area (Å²) >= 11 is 0. The molecule has 0 bridgehead atoms. The Hall–Kier alpha value is -2.77. The van der Waals surface area contributed by atoms with Crippen LogP contribution in [0.3, 0.4) is 0 Å². The lowest BCUT2D eigenvalue weighted by Gasteiger charge is -2.20. The predicted octanol–water partition coefficient (Wildman–Crippen LogP) is -1.36. The normalized spacial score (nSPS) is 15.2. The van der Waals surface area contributed by atoms with Crippen LogP contribution >= 0.6 is 0 Å². The summed E-state index contributed by atoms with van der Waals surface area (Å²) in [5.74, 6) is -1.79. The lowest BCUT2D eigenvalue weighted by molar-refractivity contribution is -0.141. The van der Waals surface area contributed by atoms with Gasteiger partial charge in [0.25, 0.3) is 0 Å². The lowest BCUT2D eigenvalue weighted by Crippen LogP contribution is -2.51. The van der Waals surface area contributed by atoms with Crippen LogP contribution in [0.4, 0.5) is 4.79 Å². The molecule has 0 aliphatic heterocycles. The minimum absolute atomic E-state index is 0.00500. The van der Waals surface area contributed by atoms with Gasteiger partial charge < -0.3 is 42.6 Å². The Kier molecular flexibility index (Phi) is 9.99. The van der Waals surface area contributed by atoms with E-state index in [0.717, 1.165) is 12.8 Å². The second kappa shape index (κ2) is 11.9. The Morgan fingerprint density at radius 2 is 1.90 bits per heavy atom. The first-order valence-corrected chi connectivity index (χ1v) is 9.21. The molecular weight excluding hydrogens is 386 g/mol. The van der Waals surface area contributed by atoms with Crippen molar-refractivity contribution in [3.05, 3.63) is 11.7 Å². The minimum atomic E-state index is -1.53. The van der Waals surface area contributed by atoms with E-state index in [1.54, 1.807) is 0 Å². The summed E-state index contributed by atoms with van der Waals surface area (Å²) in [4.78, 5) is 38.6. The number of carbonyl (C=O) groups excluding carboxylic acids is 2. The van der Waals surface area contributed by atoms with Gasteiger partial charge in [-0.3, -0.25) is 4.79 Å². The topological polar surface area (TPSA) is 233 Å². The summed E-state index contributed by atoms with van der Waals surface area (Å²) in [5, 5.41) is 26.9. The molecule has 13 nitrogen and oxygen atoms in total. The van der Waals surface area contributed by atoms with Gasteiger partial charge in [-0.1, -0.05) is 11.6 Å². The van der Waals surface area contributed by atoms with Crippen molar-refractivity contribution < 1.29 is 29.1 Å². The van der Waals surface area contributed by atoms with Crippen molar-refractivity contribution in [2.24, 2.45) is 17.2 Å². The van der Waals surface area contributed by atoms with E-state index in [9.17, 15) is 19.5 Å². The summed E-state index contributed by atoms with van der Waals surface area (Å²) in [6, 6.07) is -3.83. The predicted molar refractivity (Wildman–Crippen MR) is 100 cm³/mol. The van der Waals surface area contributed by atoms with Crippen LogP contribution in [-0.2, 0) is 9.59 Å². The molecule has 0 saturated carbocycles. The number of nitrogens with zero attached hydrogens (tertiary/aromatic N) is 2. The second-order valence-electron chi connectivity index (χ2n) is 6.61. The smallest absolute Gasteiger partial charge is 0.328 e. The van der Waals surface area contributed by atoms with Crippen molar-refractivity contribution in [1.82, 2.24) is 20.8 Å². The van der Waals surface area contributed by atoms with Gasteiger partial charge in [0, 0.05) is 6.42 Å². The molecule has 0 aliphatic rings. The van der Waals surface area contributed by atoms with Crippen molar-refractivity contribution in [2.75, 3.05) is 6.54 Å². The Bertz CT molecular complexity index is 680. The zero-order valence-electron chi connectivity index (χ0n) is 16.2. The number of aromatic nitrogens is 2. The van der Waals surface area contributed by atoms with Gasteiger partial charge in [-0.25, -0.2) is 9.59 Å². The number of aliphatic carboxylic acids is 1. The number of aliphatic hydroxyl groups is 1. The number of carboxylic acids is 1. The summed E-state index contributed by atoms with van der Waals surface area (Å²) in [6.07, 6.45) is 0.788. The third-order valence-corrected chi connectivity index (χ3v) is 4.08. The van der Waals surface area contributed by atoms with Crippen molar-refractivity contribution >= 4 is 17.9 Å². The van der Waals surface area contributed by atoms with Gasteiger partial charge >= 0.3 is 12.0 Å². The number of unbranched alkanes of at least 4 members (excludes halogenated alkanes) is 1. The van der Waals surface area contributed by atoms with Crippen molar-refractivity contribution in [2.45, 2.75) is 63.3 Å². The van der Waals surface area contributed by atoms with Gasteiger partial charge in [-0.05, 0) is 32.7 Å². The second-order valence-corrected chi connectivity index (χ2v) is 6.61. The highest BCUT2D eigenvalue weighted by atomic mass is 16.5. The van der Waals surface area contributed by atoms with Crippen LogP contribution in [0, 0.1) is 0 Å². The first kappa shape index (κ1) is 24.3. The zero-order chi connectivity index (χ0) is 22.0. The fraction of sp³-hybridized carbons (Fsp3) is 0.688. The Morgan fingerprint density at radius 1 is 1.21 bits per heavy atom. The Morgan fingerprint density at radius 3 is 2.45 bits per heavy atom. The molecule has 10 N–H and O–H groups in total. The number of rotatable bonds is 13. The molecule has 1 aromatic heterocycles. The quantitative estimate of drug-likeness (QED) is 0.187. The van der Waals surface area contributed by atoms with Crippen LogP contribution in [-0.4, -0.2) is 57.0 Å². The molecule has 0 fully saturated rings. The first-order chi connectivity index (χ1) is 13.6. The molecule has 1 heterocycles. The van der Waals surface area contributed by atoms with E-state index in [1.165, 1.54) is 6.92 Å². The molecule has 4 atom stereocenters. The van der Waals surface area contributed by atoms with Crippen LogP contribution < -0.4 is 27.8 Å². The maximum atomic E-state index is 12.2. The van der Waals surface area contributed by atoms with Crippen LogP contribution in [0.5, 0.6) is 0 Å². The number of hydrogen-bond donors (Lipinski definition) is 7. The molecule has 0 saturated heterocycles. The maximum absolute atomic E-state index is 12.2. The summed E-state index contributed by atoms with van der Waals surface area (Å²) in [5.41, 5.74) is 16.6. The first-order valence-electron chi connectivity index (χ1n) is 9.21. The van der Waals surface area contributed by atoms with Crippen LogP contribution in [0.2, 0.25) is 0 Å². The van der Waals surface area contributed by atoms with Gasteiger partial charge in [0.1, 0.15) is 6.04 Å². The number of carboxylic acid groups (broad SMARTS) is 1. The Balaban J connectivity index is 2.86. The largest absolute Gasteiger partial charge is 0.480 e. The Labute approximate surface area is 167 Å². The monoisotopic (exact) mass is 415 g/mol. The fourth-order valence-corrected chi connectivity index (χ4v) is 2.45. The molecule has 1 unspecified atom stereocenters. The van der Waals surface area contributed by atoms with Crippen LogP contribution in [0.1, 0.15) is 62.8 Å². The molecule has 0 spiro atoms. The van der Waals surface area contributed by atoms with Crippen molar-refractivity contribution in [1.29, 1.82) is 0 Å². The standard InChI is InChI=1S/C16H29N7O6/c1-8(24)12(15(26)27)21-16(28)20-10(5-6-11(19)25)14-22-13(23-29-14)9(18)4-2-3-7-17/h8-10,12,24H,2-7,17-18H2,1H3,(H2,19,25)(H,26,27)(H2,20,21,28)/t8?,9-,10-,12-/m0/s1.